The number of nitrogen functional groups attached to an aromatic ring is 1. The molecule has 0 aliphatic rings. The summed E-state index contributed by atoms with van der Waals surface area (Å²) < 4.78 is 5.05. The molecular weight excluding hydrogens is 282 g/mol. The van der Waals surface area contributed by atoms with Crippen LogP contribution in [-0.4, -0.2) is 15.9 Å². The van der Waals surface area contributed by atoms with Crippen LogP contribution in [0.25, 0.3) is 0 Å². The number of rotatable bonds is 4. The molecule has 0 unspecified atom stereocenters. The molecule has 2 rings (SSSR count). The van der Waals surface area contributed by atoms with E-state index in [9.17, 15) is 14.9 Å². The third kappa shape index (κ3) is 3.09. The number of anilines is 1. The first kappa shape index (κ1) is 13.9. The van der Waals surface area contributed by atoms with E-state index in [1.165, 1.54) is 23.5 Å². The molecule has 0 radical (unpaired) electrons. The number of aromatic nitrogens is 1. The zero-order valence-electron chi connectivity index (χ0n) is 10.5. The van der Waals surface area contributed by atoms with Crippen molar-refractivity contribution in [1.82, 2.24) is 4.98 Å². The number of carbonyl (C=O) groups excluding carboxylic acids is 1. The number of benzene rings is 1. The van der Waals surface area contributed by atoms with Crippen LogP contribution in [0.4, 0.5) is 11.4 Å². The zero-order valence-corrected chi connectivity index (χ0v) is 11.3. The molecule has 2 aromatic rings. The van der Waals surface area contributed by atoms with Crippen molar-refractivity contribution in [1.29, 1.82) is 0 Å². The first-order chi connectivity index (χ1) is 9.47. The van der Waals surface area contributed by atoms with E-state index < -0.39 is 10.9 Å². The predicted molar refractivity (Wildman–Crippen MR) is 73.5 cm³/mol. The van der Waals surface area contributed by atoms with E-state index in [4.69, 9.17) is 10.5 Å². The molecule has 20 heavy (non-hydrogen) atoms. The fourth-order valence-corrected chi connectivity index (χ4v) is 2.19. The summed E-state index contributed by atoms with van der Waals surface area (Å²) in [6.45, 7) is 1.88. The van der Waals surface area contributed by atoms with E-state index >= 15 is 0 Å². The number of hydrogen-bond acceptors (Lipinski definition) is 7. The number of carbonyl (C=O) groups is 1. The monoisotopic (exact) mass is 293 g/mol. The number of nitrogens with zero attached hydrogens (tertiary/aromatic N) is 2. The van der Waals surface area contributed by atoms with Crippen LogP contribution in [0.5, 0.6) is 0 Å². The molecule has 1 aromatic carbocycles. The van der Waals surface area contributed by atoms with Gasteiger partial charge in [-0.1, -0.05) is 0 Å². The average Bonchev–Trinajstić information content (AvgIpc) is 2.82. The number of esters is 1. The highest BCUT2D eigenvalue weighted by Crippen LogP contribution is 2.23. The minimum atomic E-state index is -0.652. The van der Waals surface area contributed by atoms with Crippen molar-refractivity contribution in [2.24, 2.45) is 0 Å². The highest BCUT2D eigenvalue weighted by atomic mass is 32.1. The predicted octanol–water partition coefficient (Wildman–Crippen LogP) is 2.30. The minimum Gasteiger partial charge on any atom is -0.455 e. The van der Waals surface area contributed by atoms with E-state index in [1.807, 2.05) is 12.3 Å². The Morgan fingerprint density at radius 1 is 1.55 bits per heavy atom. The van der Waals surface area contributed by atoms with Gasteiger partial charge >= 0.3 is 5.97 Å². The van der Waals surface area contributed by atoms with Gasteiger partial charge in [-0.3, -0.25) is 10.1 Å². The summed E-state index contributed by atoms with van der Waals surface area (Å²) in [4.78, 5) is 26.1. The molecule has 0 aliphatic carbocycles. The fourth-order valence-electron chi connectivity index (χ4n) is 1.51. The lowest BCUT2D eigenvalue weighted by atomic mass is 10.2. The first-order valence-electron chi connectivity index (χ1n) is 5.59. The van der Waals surface area contributed by atoms with Gasteiger partial charge in [0.05, 0.1) is 10.5 Å². The summed E-state index contributed by atoms with van der Waals surface area (Å²) in [5, 5.41) is 13.3. The Hall–Kier alpha value is -2.48. The van der Waals surface area contributed by atoms with Crippen LogP contribution >= 0.6 is 11.3 Å². The quantitative estimate of drug-likeness (QED) is 0.401. The largest absolute Gasteiger partial charge is 0.455 e. The van der Waals surface area contributed by atoms with E-state index in [0.717, 1.165) is 11.8 Å². The van der Waals surface area contributed by atoms with Gasteiger partial charge in [-0.15, -0.1) is 11.3 Å². The fraction of sp³-hybridized carbons (Fsp3) is 0.167. The van der Waals surface area contributed by atoms with Gasteiger partial charge in [0, 0.05) is 17.1 Å². The second-order valence-corrected chi connectivity index (χ2v) is 4.93. The molecule has 0 bridgehead atoms. The van der Waals surface area contributed by atoms with Crippen molar-refractivity contribution in [3.63, 3.8) is 0 Å². The highest BCUT2D eigenvalue weighted by molar-refractivity contribution is 7.09. The minimum absolute atomic E-state index is 0.00194. The number of aryl methyl sites for hydroxylation is 1. The Morgan fingerprint density at radius 2 is 2.30 bits per heavy atom. The molecule has 0 spiro atoms. The van der Waals surface area contributed by atoms with Gasteiger partial charge in [0.1, 0.15) is 17.3 Å². The van der Waals surface area contributed by atoms with E-state index in [-0.39, 0.29) is 23.5 Å². The summed E-state index contributed by atoms with van der Waals surface area (Å²) in [6, 6.07) is 3.80. The van der Waals surface area contributed by atoms with Crippen molar-refractivity contribution in [3.8, 4) is 0 Å². The SMILES string of the molecule is Cc1csc(COC(=O)c2ccc(N)c([N+](=O)[O-])c2)n1. The normalized spacial score (nSPS) is 10.2. The molecule has 0 fully saturated rings. The van der Waals surface area contributed by atoms with Gasteiger partial charge in [-0.05, 0) is 19.1 Å². The average molecular weight is 293 g/mol. The molecule has 1 heterocycles. The van der Waals surface area contributed by atoms with Crippen molar-refractivity contribution in [2.45, 2.75) is 13.5 Å². The third-order valence-corrected chi connectivity index (χ3v) is 3.40. The first-order valence-corrected chi connectivity index (χ1v) is 6.47. The van der Waals surface area contributed by atoms with E-state index in [1.54, 1.807) is 0 Å². The molecule has 0 amide bonds. The van der Waals surface area contributed by atoms with Gasteiger partial charge in [0.15, 0.2) is 0 Å². The summed E-state index contributed by atoms with van der Waals surface area (Å²) in [5.74, 6) is -0.652. The molecule has 7 nitrogen and oxygen atoms in total. The number of nitro benzene ring substituents is 1. The second kappa shape index (κ2) is 5.66. The Kier molecular flexibility index (Phi) is 3.94. The van der Waals surface area contributed by atoms with Crippen molar-refractivity contribution >= 4 is 28.7 Å². The van der Waals surface area contributed by atoms with Crippen LogP contribution in [0.3, 0.4) is 0 Å². The van der Waals surface area contributed by atoms with E-state index in [2.05, 4.69) is 4.98 Å². The molecule has 0 saturated heterocycles. The van der Waals surface area contributed by atoms with Crippen LogP contribution < -0.4 is 5.73 Å². The molecule has 0 aliphatic heterocycles. The lowest BCUT2D eigenvalue weighted by Gasteiger charge is -2.03. The number of thiazole rings is 1. The summed E-state index contributed by atoms with van der Waals surface area (Å²) in [5.41, 5.74) is 6.08. The second-order valence-electron chi connectivity index (χ2n) is 3.99. The maximum Gasteiger partial charge on any atom is 0.338 e. The van der Waals surface area contributed by atoms with Crippen LogP contribution in [0, 0.1) is 17.0 Å². The number of nitrogens with two attached hydrogens (primary N) is 1. The Morgan fingerprint density at radius 3 is 2.90 bits per heavy atom. The topological polar surface area (TPSA) is 108 Å². The molecule has 0 atom stereocenters. The van der Waals surface area contributed by atoms with Gasteiger partial charge in [-0.25, -0.2) is 9.78 Å². The third-order valence-electron chi connectivity index (χ3n) is 2.46. The lowest BCUT2D eigenvalue weighted by Crippen LogP contribution is -2.06. The van der Waals surface area contributed by atoms with Gasteiger partial charge in [0.2, 0.25) is 0 Å². The van der Waals surface area contributed by atoms with Crippen LogP contribution in [-0.2, 0) is 11.3 Å². The van der Waals surface area contributed by atoms with Crippen LogP contribution in [0.15, 0.2) is 23.6 Å². The van der Waals surface area contributed by atoms with Crippen molar-refractivity contribution in [3.05, 3.63) is 50.0 Å². The van der Waals surface area contributed by atoms with Gasteiger partial charge in [0.25, 0.3) is 5.69 Å². The maximum atomic E-state index is 11.8. The van der Waals surface area contributed by atoms with Crippen LogP contribution in [0.2, 0.25) is 0 Å². The molecular formula is C12H11N3O4S. The smallest absolute Gasteiger partial charge is 0.338 e. The van der Waals surface area contributed by atoms with Crippen molar-refractivity contribution < 1.29 is 14.5 Å². The van der Waals surface area contributed by atoms with Gasteiger partial charge in [-0.2, -0.15) is 0 Å². The van der Waals surface area contributed by atoms with Crippen LogP contribution in [0.1, 0.15) is 21.1 Å². The molecule has 8 heteroatoms. The number of nitro groups is 1. The summed E-state index contributed by atoms with van der Waals surface area (Å²) in [6.07, 6.45) is 0. The standard InChI is InChI=1S/C12H11N3O4S/c1-7-6-20-11(14-7)5-19-12(16)8-2-3-9(13)10(4-8)15(17)18/h2-4,6H,5,13H2,1H3. The number of ether oxygens (including phenoxy) is 1. The summed E-state index contributed by atoms with van der Waals surface area (Å²) in [7, 11) is 0. The Balaban J connectivity index is 2.09. The molecule has 104 valence electrons. The lowest BCUT2D eigenvalue weighted by molar-refractivity contribution is -0.383. The Labute approximate surface area is 118 Å². The maximum absolute atomic E-state index is 11.8. The molecule has 1 aromatic heterocycles. The molecule has 0 saturated carbocycles. The zero-order chi connectivity index (χ0) is 14.7. The van der Waals surface area contributed by atoms with Gasteiger partial charge < -0.3 is 10.5 Å². The highest BCUT2D eigenvalue weighted by Gasteiger charge is 2.16. The Bertz CT molecular complexity index is 668. The van der Waals surface area contributed by atoms with Crippen molar-refractivity contribution in [2.75, 3.05) is 5.73 Å². The van der Waals surface area contributed by atoms with E-state index in [0.29, 0.717) is 5.01 Å². The summed E-state index contributed by atoms with van der Waals surface area (Å²) >= 11 is 1.38. The number of hydrogen-bond donors (Lipinski definition) is 1. The molecule has 2 N–H and O–H groups in total.